The zero-order valence-corrected chi connectivity index (χ0v) is 22.9. The molecule has 0 bridgehead atoms. The number of carbonyl (C=O) groups is 1. The lowest BCUT2D eigenvalue weighted by molar-refractivity contribution is -0.0453. The molecule has 0 unspecified atom stereocenters. The highest BCUT2D eigenvalue weighted by atomic mass is 16.6. The third-order valence-electron chi connectivity index (χ3n) is 7.15. The van der Waals surface area contributed by atoms with Gasteiger partial charge in [-0.05, 0) is 63.6 Å². The summed E-state index contributed by atoms with van der Waals surface area (Å²) >= 11 is 0. The van der Waals surface area contributed by atoms with Gasteiger partial charge in [-0.15, -0.1) is 0 Å². The van der Waals surface area contributed by atoms with Crippen LogP contribution >= 0.6 is 0 Å². The lowest BCUT2D eigenvalue weighted by atomic mass is 9.73. The number of aryl methyl sites for hydroxylation is 2. The molecular weight excluding hydrogens is 494 g/mol. The summed E-state index contributed by atoms with van der Waals surface area (Å²) in [5.41, 5.74) is 4.44. The van der Waals surface area contributed by atoms with Crippen LogP contribution in [-0.2, 0) is 11.8 Å². The maximum absolute atomic E-state index is 12.3. The molecule has 4 heterocycles. The summed E-state index contributed by atoms with van der Waals surface area (Å²) in [4.78, 5) is 29.6. The van der Waals surface area contributed by atoms with E-state index >= 15 is 0 Å². The van der Waals surface area contributed by atoms with E-state index in [2.05, 4.69) is 25.2 Å². The molecule has 2 fully saturated rings. The topological polar surface area (TPSA) is 97.6 Å². The Balaban J connectivity index is 1.09. The van der Waals surface area contributed by atoms with Crippen LogP contribution in [0.2, 0.25) is 0 Å². The van der Waals surface area contributed by atoms with E-state index in [1.807, 2.05) is 81.9 Å². The molecule has 2 saturated heterocycles. The third kappa shape index (κ3) is 4.94. The molecule has 4 aromatic rings. The first-order valence-electron chi connectivity index (χ1n) is 13.1. The SMILES string of the molecule is Cc1cc(Nc2ncncc2N2CC3(CN(C(=O)OC(C)(C)C)C3)C2)ccc1Oc1ccc2c(c1)ncn2C. The highest BCUT2D eigenvalue weighted by Gasteiger charge is 2.54. The fourth-order valence-electron chi connectivity index (χ4n) is 5.29. The first kappa shape index (κ1) is 25.0. The molecule has 202 valence electrons. The minimum Gasteiger partial charge on any atom is -0.457 e. The van der Waals surface area contributed by atoms with Crippen LogP contribution in [0.3, 0.4) is 0 Å². The van der Waals surface area contributed by atoms with Crippen LogP contribution in [-0.4, -0.2) is 62.3 Å². The van der Waals surface area contributed by atoms with E-state index in [0.29, 0.717) is 13.1 Å². The second-order valence-electron chi connectivity index (χ2n) is 11.7. The van der Waals surface area contributed by atoms with Crippen molar-refractivity contribution in [2.75, 3.05) is 36.4 Å². The number of amides is 1. The highest BCUT2D eigenvalue weighted by Crippen LogP contribution is 2.44. The van der Waals surface area contributed by atoms with Gasteiger partial charge in [0, 0.05) is 50.4 Å². The highest BCUT2D eigenvalue weighted by molar-refractivity contribution is 5.77. The second-order valence-corrected chi connectivity index (χ2v) is 11.7. The molecule has 1 amide bonds. The van der Waals surface area contributed by atoms with E-state index in [-0.39, 0.29) is 11.5 Å². The number of nitrogens with zero attached hydrogens (tertiary/aromatic N) is 6. The number of ether oxygens (including phenoxy) is 2. The van der Waals surface area contributed by atoms with Gasteiger partial charge in [0.25, 0.3) is 0 Å². The molecule has 2 aromatic heterocycles. The molecule has 39 heavy (non-hydrogen) atoms. The van der Waals surface area contributed by atoms with Crippen molar-refractivity contribution in [1.29, 1.82) is 0 Å². The zero-order chi connectivity index (χ0) is 27.4. The fraction of sp³-hybridized carbons (Fsp3) is 0.379. The Kier molecular flexibility index (Phi) is 5.85. The van der Waals surface area contributed by atoms with E-state index in [0.717, 1.165) is 58.4 Å². The van der Waals surface area contributed by atoms with Gasteiger partial charge < -0.3 is 29.2 Å². The maximum atomic E-state index is 12.3. The number of anilines is 3. The molecule has 0 atom stereocenters. The van der Waals surface area contributed by atoms with Crippen molar-refractivity contribution < 1.29 is 14.3 Å². The number of benzene rings is 2. The molecule has 2 aliphatic heterocycles. The third-order valence-corrected chi connectivity index (χ3v) is 7.15. The number of hydrogen-bond donors (Lipinski definition) is 1. The summed E-state index contributed by atoms with van der Waals surface area (Å²) in [7, 11) is 1.97. The van der Waals surface area contributed by atoms with Crippen LogP contribution in [0, 0.1) is 12.3 Å². The van der Waals surface area contributed by atoms with Gasteiger partial charge in [0.2, 0.25) is 0 Å². The summed E-state index contributed by atoms with van der Waals surface area (Å²) in [5, 5.41) is 3.45. The van der Waals surface area contributed by atoms with Crippen molar-refractivity contribution >= 4 is 34.3 Å². The number of rotatable bonds is 5. The van der Waals surface area contributed by atoms with Crippen LogP contribution in [0.15, 0.2) is 55.2 Å². The molecule has 10 nitrogen and oxygen atoms in total. The van der Waals surface area contributed by atoms with E-state index in [9.17, 15) is 4.79 Å². The summed E-state index contributed by atoms with van der Waals surface area (Å²) in [5.74, 6) is 2.27. The van der Waals surface area contributed by atoms with E-state index in [1.165, 1.54) is 0 Å². The average Bonchev–Trinajstić information content (AvgIpc) is 3.19. The maximum Gasteiger partial charge on any atom is 0.410 e. The zero-order valence-electron chi connectivity index (χ0n) is 22.9. The lowest BCUT2D eigenvalue weighted by Crippen LogP contribution is -2.73. The number of nitrogens with one attached hydrogen (secondary N) is 1. The molecule has 2 aliphatic rings. The summed E-state index contributed by atoms with van der Waals surface area (Å²) < 4.78 is 13.6. The normalized spacial score (nSPS) is 16.1. The molecule has 6 rings (SSSR count). The van der Waals surface area contributed by atoms with Crippen LogP contribution < -0.4 is 15.0 Å². The molecule has 1 N–H and O–H groups in total. The van der Waals surface area contributed by atoms with Crippen molar-refractivity contribution in [2.45, 2.75) is 33.3 Å². The van der Waals surface area contributed by atoms with Crippen LogP contribution in [0.5, 0.6) is 11.5 Å². The van der Waals surface area contributed by atoms with Crippen LogP contribution in [0.1, 0.15) is 26.3 Å². The second kappa shape index (κ2) is 9.14. The minimum atomic E-state index is -0.482. The smallest absolute Gasteiger partial charge is 0.410 e. The van der Waals surface area contributed by atoms with Gasteiger partial charge >= 0.3 is 6.09 Å². The van der Waals surface area contributed by atoms with Gasteiger partial charge in [-0.2, -0.15) is 0 Å². The molecule has 2 aromatic carbocycles. The monoisotopic (exact) mass is 527 g/mol. The number of hydrogen-bond acceptors (Lipinski definition) is 8. The standard InChI is InChI=1S/C29H33N7O3/c1-19-10-20(6-9-25(19)38-21-7-8-23-22(11-21)32-18-34(23)5)33-26-24(12-30-17-31-26)35-13-29(14-35)15-36(16-29)27(37)39-28(2,3)4/h6-12,17-18H,13-16H2,1-5H3,(H,30,31,33). The van der Waals surface area contributed by atoms with Crippen molar-refractivity contribution in [3.05, 3.63) is 60.8 Å². The first-order chi connectivity index (χ1) is 18.6. The van der Waals surface area contributed by atoms with Crippen LogP contribution in [0.25, 0.3) is 11.0 Å². The van der Waals surface area contributed by atoms with E-state index in [4.69, 9.17) is 9.47 Å². The average molecular weight is 528 g/mol. The number of carbonyl (C=O) groups excluding carboxylic acids is 1. The van der Waals surface area contributed by atoms with Gasteiger partial charge in [0.05, 0.1) is 29.2 Å². The Morgan fingerprint density at radius 2 is 1.85 bits per heavy atom. The van der Waals surface area contributed by atoms with E-state index < -0.39 is 5.60 Å². The van der Waals surface area contributed by atoms with Crippen molar-refractivity contribution in [1.82, 2.24) is 24.4 Å². The first-order valence-corrected chi connectivity index (χ1v) is 13.1. The number of aromatic nitrogens is 4. The molecule has 10 heteroatoms. The molecule has 0 aliphatic carbocycles. The lowest BCUT2D eigenvalue weighted by Gasteiger charge is -2.60. The Morgan fingerprint density at radius 3 is 2.59 bits per heavy atom. The van der Waals surface area contributed by atoms with Crippen molar-refractivity contribution in [2.24, 2.45) is 12.5 Å². The Morgan fingerprint density at radius 1 is 1.05 bits per heavy atom. The molecule has 0 radical (unpaired) electrons. The Labute approximate surface area is 227 Å². The van der Waals surface area contributed by atoms with Gasteiger partial charge in [-0.3, -0.25) is 0 Å². The Hall–Kier alpha value is -4.34. The van der Waals surface area contributed by atoms with Gasteiger partial charge in [-0.25, -0.2) is 19.7 Å². The van der Waals surface area contributed by atoms with Gasteiger partial charge in [0.1, 0.15) is 23.4 Å². The predicted molar refractivity (Wildman–Crippen MR) is 150 cm³/mol. The van der Waals surface area contributed by atoms with E-state index in [1.54, 1.807) is 17.6 Å². The van der Waals surface area contributed by atoms with Gasteiger partial charge in [-0.1, -0.05) is 0 Å². The molecule has 1 spiro atoms. The van der Waals surface area contributed by atoms with Gasteiger partial charge in [0.15, 0.2) is 5.82 Å². The molecule has 0 saturated carbocycles. The molecular formula is C29H33N7O3. The van der Waals surface area contributed by atoms with Crippen LogP contribution in [0.4, 0.5) is 22.0 Å². The van der Waals surface area contributed by atoms with Crippen molar-refractivity contribution in [3.8, 4) is 11.5 Å². The summed E-state index contributed by atoms with van der Waals surface area (Å²) in [6.45, 7) is 10.8. The number of imidazole rings is 1. The fourth-order valence-corrected chi connectivity index (χ4v) is 5.29. The van der Waals surface area contributed by atoms with Crippen molar-refractivity contribution in [3.63, 3.8) is 0 Å². The quantitative estimate of drug-likeness (QED) is 0.375. The summed E-state index contributed by atoms with van der Waals surface area (Å²) in [6.07, 6.45) is 4.95. The largest absolute Gasteiger partial charge is 0.457 e. The number of likely N-dealkylation sites (tertiary alicyclic amines) is 1. The summed E-state index contributed by atoms with van der Waals surface area (Å²) in [6, 6.07) is 11.9. The number of fused-ring (bicyclic) bond motifs is 1. The minimum absolute atomic E-state index is 0.109. The Bertz CT molecular complexity index is 1540. The predicted octanol–water partition coefficient (Wildman–Crippen LogP) is 5.26.